The van der Waals surface area contributed by atoms with E-state index < -0.39 is 6.10 Å². The van der Waals surface area contributed by atoms with Gasteiger partial charge in [-0.05, 0) is 31.0 Å². The monoisotopic (exact) mass is 294 g/mol. The first-order valence-electron chi connectivity index (χ1n) is 6.50. The molecule has 0 bridgehead atoms. The zero-order chi connectivity index (χ0) is 14.7. The highest BCUT2D eigenvalue weighted by molar-refractivity contribution is 6.31. The lowest BCUT2D eigenvalue weighted by Gasteiger charge is -2.12. The van der Waals surface area contributed by atoms with Crippen LogP contribution in [0.2, 0.25) is 5.02 Å². The minimum atomic E-state index is -0.505. The lowest BCUT2D eigenvalue weighted by molar-refractivity contribution is 0.173. The van der Waals surface area contributed by atoms with Gasteiger partial charge in [-0.3, -0.25) is 4.68 Å². The van der Waals surface area contributed by atoms with Gasteiger partial charge in [0.1, 0.15) is 5.75 Å². The number of aromatic nitrogens is 2. The van der Waals surface area contributed by atoms with Crippen LogP contribution < -0.4 is 4.74 Å². The van der Waals surface area contributed by atoms with Crippen molar-refractivity contribution in [3.8, 4) is 5.75 Å². The number of hydrogen-bond donors (Lipinski definition) is 1. The Morgan fingerprint density at radius 2 is 2.15 bits per heavy atom. The van der Waals surface area contributed by atoms with E-state index >= 15 is 0 Å². The second kappa shape index (κ2) is 6.29. The summed E-state index contributed by atoms with van der Waals surface area (Å²) in [5.74, 6) is 0.795. The number of aryl methyl sites for hydroxylation is 2. The molecule has 1 N–H and O–H groups in total. The summed E-state index contributed by atoms with van der Waals surface area (Å²) < 4.78 is 6.91. The molecule has 1 aromatic carbocycles. The van der Waals surface area contributed by atoms with Crippen molar-refractivity contribution in [2.24, 2.45) is 7.05 Å². The van der Waals surface area contributed by atoms with E-state index in [9.17, 15) is 5.11 Å². The Morgan fingerprint density at radius 3 is 2.75 bits per heavy atom. The third kappa shape index (κ3) is 3.32. The molecule has 5 heteroatoms. The molecule has 0 amide bonds. The van der Waals surface area contributed by atoms with Gasteiger partial charge in [-0.2, -0.15) is 5.10 Å². The van der Waals surface area contributed by atoms with E-state index in [0.29, 0.717) is 17.9 Å². The van der Waals surface area contributed by atoms with Crippen LogP contribution in [0.3, 0.4) is 0 Å². The van der Waals surface area contributed by atoms with Gasteiger partial charge in [-0.1, -0.05) is 23.7 Å². The van der Waals surface area contributed by atoms with Gasteiger partial charge >= 0.3 is 0 Å². The molecule has 1 aromatic heterocycles. The lowest BCUT2D eigenvalue weighted by Crippen LogP contribution is -2.16. The van der Waals surface area contributed by atoms with Crippen molar-refractivity contribution in [1.82, 2.24) is 9.78 Å². The number of rotatable bonds is 5. The first-order valence-corrected chi connectivity index (χ1v) is 6.88. The van der Waals surface area contributed by atoms with Crippen LogP contribution in [0.25, 0.3) is 0 Å². The molecule has 1 unspecified atom stereocenters. The van der Waals surface area contributed by atoms with Gasteiger partial charge in [-0.25, -0.2) is 0 Å². The lowest BCUT2D eigenvalue weighted by atomic mass is 10.0. The van der Waals surface area contributed by atoms with Crippen molar-refractivity contribution >= 4 is 11.6 Å². The highest BCUT2D eigenvalue weighted by Crippen LogP contribution is 2.22. The Morgan fingerprint density at radius 1 is 1.40 bits per heavy atom. The molecule has 0 radical (unpaired) electrons. The van der Waals surface area contributed by atoms with Crippen molar-refractivity contribution in [2.45, 2.75) is 25.9 Å². The van der Waals surface area contributed by atoms with E-state index in [0.717, 1.165) is 22.7 Å². The number of ether oxygens (including phenoxy) is 1. The summed E-state index contributed by atoms with van der Waals surface area (Å²) in [6, 6.07) is 7.71. The molecular formula is C15H19ClN2O2. The van der Waals surface area contributed by atoms with Gasteiger partial charge in [0.2, 0.25) is 0 Å². The number of benzene rings is 1. The van der Waals surface area contributed by atoms with Crippen molar-refractivity contribution < 1.29 is 9.84 Å². The fraction of sp³-hybridized carbons (Fsp3) is 0.400. The first-order chi connectivity index (χ1) is 9.51. The SMILES string of the molecule is COc1cccc(CC(O)Cc2c(Cl)c(C)nn2C)c1. The van der Waals surface area contributed by atoms with Crippen molar-refractivity contribution in [3.63, 3.8) is 0 Å². The van der Waals surface area contributed by atoms with E-state index in [4.69, 9.17) is 16.3 Å². The zero-order valence-electron chi connectivity index (χ0n) is 11.9. The van der Waals surface area contributed by atoms with Gasteiger partial charge in [-0.15, -0.1) is 0 Å². The number of hydrogen-bond acceptors (Lipinski definition) is 3. The summed E-state index contributed by atoms with van der Waals surface area (Å²) in [6.07, 6.45) is 0.528. The Hall–Kier alpha value is -1.52. The molecule has 0 saturated heterocycles. The van der Waals surface area contributed by atoms with Crippen LogP contribution in [0.15, 0.2) is 24.3 Å². The van der Waals surface area contributed by atoms with E-state index in [-0.39, 0.29) is 0 Å². The summed E-state index contributed by atoms with van der Waals surface area (Å²) in [4.78, 5) is 0. The summed E-state index contributed by atoms with van der Waals surface area (Å²) in [6.45, 7) is 1.86. The Bertz CT molecular complexity index is 596. The van der Waals surface area contributed by atoms with Crippen molar-refractivity contribution in [3.05, 3.63) is 46.2 Å². The smallest absolute Gasteiger partial charge is 0.119 e. The van der Waals surface area contributed by atoms with Crippen LogP contribution in [-0.2, 0) is 19.9 Å². The quantitative estimate of drug-likeness (QED) is 0.922. The average molecular weight is 295 g/mol. The third-order valence-corrected chi connectivity index (χ3v) is 3.79. The summed E-state index contributed by atoms with van der Waals surface area (Å²) in [7, 11) is 3.47. The van der Waals surface area contributed by atoms with Crippen LogP contribution in [0.4, 0.5) is 0 Å². The molecule has 4 nitrogen and oxygen atoms in total. The van der Waals surface area contributed by atoms with Gasteiger partial charge in [0.15, 0.2) is 0 Å². The summed E-state index contributed by atoms with van der Waals surface area (Å²) in [5.41, 5.74) is 2.68. The fourth-order valence-corrected chi connectivity index (χ4v) is 2.51. The molecule has 0 spiro atoms. The summed E-state index contributed by atoms with van der Waals surface area (Å²) >= 11 is 6.19. The maximum Gasteiger partial charge on any atom is 0.119 e. The molecule has 1 atom stereocenters. The van der Waals surface area contributed by atoms with Gasteiger partial charge in [0.25, 0.3) is 0 Å². The van der Waals surface area contributed by atoms with Gasteiger partial charge in [0.05, 0.1) is 29.6 Å². The minimum absolute atomic E-state index is 0.480. The molecular weight excluding hydrogens is 276 g/mol. The average Bonchev–Trinajstić information content (AvgIpc) is 2.65. The van der Waals surface area contributed by atoms with Crippen molar-refractivity contribution in [1.29, 1.82) is 0 Å². The highest BCUT2D eigenvalue weighted by atomic mass is 35.5. The highest BCUT2D eigenvalue weighted by Gasteiger charge is 2.15. The largest absolute Gasteiger partial charge is 0.497 e. The molecule has 1 heterocycles. The molecule has 0 aliphatic carbocycles. The molecule has 0 aliphatic rings. The Kier molecular flexibility index (Phi) is 4.68. The third-order valence-electron chi connectivity index (χ3n) is 3.30. The number of aliphatic hydroxyl groups excluding tert-OH is 1. The maximum atomic E-state index is 10.2. The van der Waals surface area contributed by atoms with E-state index in [1.165, 1.54) is 0 Å². The maximum absolute atomic E-state index is 10.2. The topological polar surface area (TPSA) is 47.3 Å². The molecule has 0 aliphatic heterocycles. The normalized spacial score (nSPS) is 12.4. The number of nitrogens with zero attached hydrogens (tertiary/aromatic N) is 2. The van der Waals surface area contributed by atoms with E-state index in [2.05, 4.69) is 5.10 Å². The van der Waals surface area contributed by atoms with Gasteiger partial charge < -0.3 is 9.84 Å². The number of halogens is 1. The van der Waals surface area contributed by atoms with Crippen LogP contribution in [0, 0.1) is 6.92 Å². The second-order valence-corrected chi connectivity index (χ2v) is 5.26. The number of methoxy groups -OCH3 is 1. The van der Waals surface area contributed by atoms with Crippen molar-refractivity contribution in [2.75, 3.05) is 7.11 Å². The minimum Gasteiger partial charge on any atom is -0.497 e. The molecule has 0 saturated carbocycles. The molecule has 2 rings (SSSR count). The van der Waals surface area contributed by atoms with Crippen LogP contribution in [-0.4, -0.2) is 28.1 Å². The Labute approximate surface area is 123 Å². The fourth-order valence-electron chi connectivity index (χ4n) is 2.27. The molecule has 0 fully saturated rings. The molecule has 20 heavy (non-hydrogen) atoms. The summed E-state index contributed by atoms with van der Waals surface area (Å²) in [5, 5.41) is 15.1. The first kappa shape index (κ1) is 14.9. The second-order valence-electron chi connectivity index (χ2n) is 4.88. The number of aliphatic hydroxyl groups is 1. The van der Waals surface area contributed by atoms with Crippen LogP contribution >= 0.6 is 11.6 Å². The van der Waals surface area contributed by atoms with Gasteiger partial charge in [0, 0.05) is 13.5 Å². The molecule has 108 valence electrons. The Balaban J connectivity index is 2.06. The van der Waals surface area contributed by atoms with Crippen LogP contribution in [0.1, 0.15) is 17.0 Å². The molecule has 2 aromatic rings. The predicted octanol–water partition coefficient (Wildman–Crippen LogP) is 2.54. The predicted molar refractivity (Wildman–Crippen MR) is 79.4 cm³/mol. The zero-order valence-corrected chi connectivity index (χ0v) is 12.7. The van der Waals surface area contributed by atoms with E-state index in [1.54, 1.807) is 11.8 Å². The standard InChI is InChI=1S/C15H19ClN2O2/c1-10-15(16)14(18(2)17-10)9-12(19)7-11-5-4-6-13(8-11)20-3/h4-6,8,12,19H,7,9H2,1-3H3. The van der Waals surface area contributed by atoms with E-state index in [1.807, 2.05) is 38.2 Å². The van der Waals surface area contributed by atoms with Crippen LogP contribution in [0.5, 0.6) is 5.75 Å².